The molecule has 0 saturated carbocycles. The molecule has 0 bridgehead atoms. The molecule has 17 heteroatoms. The summed E-state index contributed by atoms with van der Waals surface area (Å²) in [6.07, 6.45) is -3.47. The fraction of sp³-hybridized carbons (Fsp3) is 0.259. The summed E-state index contributed by atoms with van der Waals surface area (Å²) in [5, 5.41) is 9.34. The average molecular weight is 635 g/mol. The lowest BCUT2D eigenvalue weighted by Gasteiger charge is -2.19. The van der Waals surface area contributed by atoms with Crippen LogP contribution in [0.15, 0.2) is 55.1 Å². The van der Waals surface area contributed by atoms with Gasteiger partial charge >= 0.3 is 24.4 Å². The molecule has 2 heterocycles. The van der Waals surface area contributed by atoms with Crippen LogP contribution >= 0.6 is 11.6 Å². The number of imidazole rings is 1. The van der Waals surface area contributed by atoms with Crippen molar-refractivity contribution < 1.29 is 37.0 Å². The molecule has 4 amide bonds. The van der Waals surface area contributed by atoms with Gasteiger partial charge in [0, 0.05) is 17.1 Å². The van der Waals surface area contributed by atoms with E-state index in [-0.39, 0.29) is 30.2 Å². The number of anilines is 3. The van der Waals surface area contributed by atoms with Gasteiger partial charge < -0.3 is 25.4 Å². The van der Waals surface area contributed by atoms with Crippen LogP contribution in [0.4, 0.5) is 44.7 Å². The molecule has 13 nitrogen and oxygen atoms in total. The van der Waals surface area contributed by atoms with Crippen LogP contribution in [0.1, 0.15) is 26.3 Å². The Kier molecular flexibility index (Phi) is 9.42. The van der Waals surface area contributed by atoms with Gasteiger partial charge in [-0.05, 0) is 63.2 Å². The van der Waals surface area contributed by atoms with Crippen LogP contribution in [0.2, 0.25) is 5.02 Å². The van der Waals surface area contributed by atoms with Gasteiger partial charge in [0.05, 0.1) is 17.1 Å². The molecule has 0 spiro atoms. The van der Waals surface area contributed by atoms with Crippen LogP contribution in [0.25, 0.3) is 16.9 Å². The first-order valence-electron chi connectivity index (χ1n) is 12.8. The van der Waals surface area contributed by atoms with Crippen molar-refractivity contribution in [3.8, 4) is 5.69 Å². The van der Waals surface area contributed by atoms with Crippen molar-refractivity contribution in [2.75, 3.05) is 29.1 Å². The summed E-state index contributed by atoms with van der Waals surface area (Å²) < 4.78 is 51.1. The zero-order valence-corrected chi connectivity index (χ0v) is 24.2. The number of aromatic nitrogens is 4. The Morgan fingerprint density at radius 3 is 2.27 bits per heavy atom. The van der Waals surface area contributed by atoms with Crippen LogP contribution in [-0.2, 0) is 15.7 Å². The number of amides is 4. The highest BCUT2D eigenvalue weighted by atomic mass is 35.5. The SMILES string of the molecule is CC(C)(C)OC(=O)NCCOC(=O)Nc1ncnc2c1ncn2-c1ccc(NC(=O)Nc2ccc(Cl)c(C(F)(F)F)c2)cc1. The van der Waals surface area contributed by atoms with Crippen molar-refractivity contribution in [2.45, 2.75) is 32.5 Å². The third-order valence-electron chi connectivity index (χ3n) is 5.49. The molecule has 4 rings (SSSR count). The molecule has 44 heavy (non-hydrogen) atoms. The summed E-state index contributed by atoms with van der Waals surface area (Å²) in [6, 6.07) is 8.67. The number of urea groups is 1. The second-order valence-electron chi connectivity index (χ2n) is 10.0. The van der Waals surface area contributed by atoms with E-state index >= 15 is 0 Å². The van der Waals surface area contributed by atoms with Crippen molar-refractivity contribution in [3.05, 3.63) is 65.7 Å². The van der Waals surface area contributed by atoms with Crippen molar-refractivity contribution >= 4 is 58.2 Å². The summed E-state index contributed by atoms with van der Waals surface area (Å²) in [5.41, 5.74) is -0.268. The minimum absolute atomic E-state index is 0.0305. The third kappa shape index (κ3) is 8.47. The van der Waals surface area contributed by atoms with Crippen LogP contribution < -0.4 is 21.3 Å². The number of ether oxygens (including phenoxy) is 2. The minimum atomic E-state index is -4.67. The quantitative estimate of drug-likeness (QED) is 0.175. The van der Waals surface area contributed by atoms with Crippen molar-refractivity contribution in [1.82, 2.24) is 24.8 Å². The lowest BCUT2D eigenvalue weighted by molar-refractivity contribution is -0.137. The number of nitrogens with zero attached hydrogens (tertiary/aromatic N) is 4. The largest absolute Gasteiger partial charge is 0.447 e. The Balaban J connectivity index is 1.35. The lowest BCUT2D eigenvalue weighted by Crippen LogP contribution is -2.34. The molecule has 0 fully saturated rings. The fourth-order valence-corrected chi connectivity index (χ4v) is 3.90. The van der Waals surface area contributed by atoms with Gasteiger partial charge in [0.15, 0.2) is 17.0 Å². The molecule has 0 unspecified atom stereocenters. The van der Waals surface area contributed by atoms with Gasteiger partial charge in [-0.1, -0.05) is 11.6 Å². The first-order chi connectivity index (χ1) is 20.7. The number of fused-ring (bicyclic) bond motifs is 1. The Morgan fingerprint density at radius 2 is 1.59 bits per heavy atom. The average Bonchev–Trinajstić information content (AvgIpc) is 3.36. The number of alkyl carbamates (subject to hydrolysis) is 1. The molecule has 2 aromatic heterocycles. The lowest BCUT2D eigenvalue weighted by atomic mass is 10.2. The van der Waals surface area contributed by atoms with Gasteiger partial charge in [0.1, 0.15) is 24.9 Å². The number of carbonyl (C=O) groups excluding carboxylic acids is 3. The number of hydrogen-bond donors (Lipinski definition) is 4. The van der Waals surface area contributed by atoms with E-state index in [4.69, 9.17) is 21.1 Å². The summed E-state index contributed by atoms with van der Waals surface area (Å²) in [7, 11) is 0. The van der Waals surface area contributed by atoms with E-state index in [2.05, 4.69) is 36.2 Å². The molecular formula is C27H26ClF3N8O5. The van der Waals surface area contributed by atoms with E-state index in [1.807, 2.05) is 0 Å². The molecule has 0 atom stereocenters. The first kappa shape index (κ1) is 31.8. The predicted octanol–water partition coefficient (Wildman–Crippen LogP) is 6.20. The molecule has 0 aliphatic rings. The number of halogens is 4. The zero-order valence-electron chi connectivity index (χ0n) is 23.5. The van der Waals surface area contributed by atoms with Gasteiger partial charge in [-0.15, -0.1) is 0 Å². The number of nitrogens with one attached hydrogen (secondary N) is 4. The number of alkyl halides is 3. The number of carbonyl (C=O) groups is 3. The van der Waals surface area contributed by atoms with Crippen LogP contribution in [0.3, 0.4) is 0 Å². The standard InChI is InChI=1S/C27H26ClF3N8O5/c1-26(2,3)44-24(41)32-10-11-43-25(42)38-21-20-22(34-13-33-21)39(14-35-20)17-7-4-15(5-8-17)36-23(40)37-16-6-9-19(28)18(12-16)27(29,30)31/h4-9,12-14H,10-11H2,1-3H3,(H,32,41)(H2,36,37,40)(H,33,34,38,42). The summed E-state index contributed by atoms with van der Waals surface area (Å²) in [6.45, 7) is 5.08. The van der Waals surface area contributed by atoms with E-state index in [0.29, 0.717) is 17.0 Å². The van der Waals surface area contributed by atoms with E-state index in [9.17, 15) is 27.6 Å². The Hall–Kier alpha value is -5.12. The maximum Gasteiger partial charge on any atom is 0.417 e. The number of benzene rings is 2. The van der Waals surface area contributed by atoms with Crippen molar-refractivity contribution in [3.63, 3.8) is 0 Å². The van der Waals surface area contributed by atoms with E-state index in [1.165, 1.54) is 18.7 Å². The molecule has 0 aliphatic carbocycles. The maximum atomic E-state index is 13.1. The second kappa shape index (κ2) is 13.0. The minimum Gasteiger partial charge on any atom is -0.447 e. The summed E-state index contributed by atoms with van der Waals surface area (Å²) >= 11 is 5.62. The normalized spacial score (nSPS) is 11.5. The van der Waals surface area contributed by atoms with E-state index < -0.39 is 40.6 Å². The Morgan fingerprint density at radius 1 is 0.909 bits per heavy atom. The zero-order chi connectivity index (χ0) is 32.1. The highest BCUT2D eigenvalue weighted by Gasteiger charge is 2.33. The van der Waals surface area contributed by atoms with Crippen LogP contribution in [-0.4, -0.2) is 56.5 Å². The number of hydrogen-bond acceptors (Lipinski definition) is 8. The molecule has 0 saturated heterocycles. The molecular weight excluding hydrogens is 609 g/mol. The molecule has 0 aliphatic heterocycles. The highest BCUT2D eigenvalue weighted by molar-refractivity contribution is 6.31. The van der Waals surface area contributed by atoms with Gasteiger partial charge in [0.2, 0.25) is 0 Å². The van der Waals surface area contributed by atoms with Crippen molar-refractivity contribution in [2.24, 2.45) is 0 Å². The van der Waals surface area contributed by atoms with Crippen LogP contribution in [0, 0.1) is 0 Å². The van der Waals surface area contributed by atoms with E-state index in [0.717, 1.165) is 12.1 Å². The number of rotatable bonds is 7. The van der Waals surface area contributed by atoms with E-state index in [1.54, 1.807) is 49.6 Å². The van der Waals surface area contributed by atoms with Gasteiger partial charge in [0.25, 0.3) is 0 Å². The smallest absolute Gasteiger partial charge is 0.417 e. The van der Waals surface area contributed by atoms with Gasteiger partial charge in [-0.3, -0.25) is 9.88 Å². The fourth-order valence-electron chi connectivity index (χ4n) is 3.68. The van der Waals surface area contributed by atoms with Gasteiger partial charge in [-0.2, -0.15) is 13.2 Å². The maximum absolute atomic E-state index is 13.1. The second-order valence-corrected chi connectivity index (χ2v) is 10.4. The Bertz CT molecular complexity index is 1670. The molecule has 2 aromatic carbocycles. The molecule has 0 radical (unpaired) electrons. The van der Waals surface area contributed by atoms with Gasteiger partial charge in [-0.25, -0.2) is 29.3 Å². The molecule has 4 N–H and O–H groups in total. The first-order valence-corrected chi connectivity index (χ1v) is 13.2. The summed E-state index contributed by atoms with van der Waals surface area (Å²) in [5.74, 6) is 0.0877. The predicted molar refractivity (Wildman–Crippen MR) is 155 cm³/mol. The van der Waals surface area contributed by atoms with Crippen LogP contribution in [0.5, 0.6) is 0 Å². The highest BCUT2D eigenvalue weighted by Crippen LogP contribution is 2.36. The van der Waals surface area contributed by atoms with Crippen molar-refractivity contribution in [1.29, 1.82) is 0 Å². The monoisotopic (exact) mass is 634 g/mol. The molecule has 4 aromatic rings. The Labute approximate surface area is 253 Å². The topological polar surface area (TPSA) is 161 Å². The molecule has 232 valence electrons. The summed E-state index contributed by atoms with van der Waals surface area (Å²) in [4.78, 5) is 48.8. The third-order valence-corrected chi connectivity index (χ3v) is 5.82.